The van der Waals surface area contributed by atoms with Crippen LogP contribution in [0.15, 0.2) is 12.2 Å². The summed E-state index contributed by atoms with van der Waals surface area (Å²) in [6.07, 6.45) is 0.676. The van der Waals surface area contributed by atoms with E-state index < -0.39 is 0 Å². The van der Waals surface area contributed by atoms with Gasteiger partial charge in [-0.3, -0.25) is 0 Å². The Kier molecular flexibility index (Phi) is 2.60. The minimum absolute atomic E-state index is 0.521. The lowest BCUT2D eigenvalue weighted by atomic mass is 10.2. The van der Waals surface area contributed by atoms with E-state index in [1.165, 1.54) is 0 Å². The van der Waals surface area contributed by atoms with E-state index in [9.17, 15) is 0 Å². The van der Waals surface area contributed by atoms with Gasteiger partial charge in [-0.15, -0.1) is 0 Å². The molecule has 2 N–H and O–H groups in total. The van der Waals surface area contributed by atoms with E-state index in [4.69, 9.17) is 5.73 Å². The summed E-state index contributed by atoms with van der Waals surface area (Å²) in [6, 6.07) is 0. The van der Waals surface area contributed by atoms with Gasteiger partial charge < -0.3 is 5.73 Å². The van der Waals surface area contributed by atoms with Crippen LogP contribution in [0.1, 0.15) is 13.3 Å². The highest BCUT2D eigenvalue weighted by atomic mass is 32.1. The zero-order chi connectivity index (χ0) is 5.86. The van der Waals surface area contributed by atoms with Gasteiger partial charge in [-0.2, -0.15) is 0 Å². The van der Waals surface area contributed by atoms with Crippen LogP contribution < -0.4 is 5.73 Å². The minimum atomic E-state index is 0.521. The van der Waals surface area contributed by atoms with Crippen LogP contribution >= 0.6 is 12.2 Å². The molecule has 0 fully saturated rings. The molecule has 0 bridgehead atoms. The molecule has 0 aliphatic carbocycles. The molecule has 0 spiro atoms. The first-order valence-electron chi connectivity index (χ1n) is 2.05. The van der Waals surface area contributed by atoms with Gasteiger partial charge in [0, 0.05) is 6.42 Å². The fourth-order valence-corrected chi connectivity index (χ4v) is 0.544. The lowest BCUT2D eigenvalue weighted by molar-refractivity contribution is 1.28. The summed E-state index contributed by atoms with van der Waals surface area (Å²) in [7, 11) is 0. The van der Waals surface area contributed by atoms with Crippen molar-refractivity contribution in [1.82, 2.24) is 0 Å². The molecular formula is C5H9NS. The van der Waals surface area contributed by atoms with Crippen molar-refractivity contribution in [2.45, 2.75) is 13.3 Å². The highest BCUT2D eigenvalue weighted by Crippen LogP contribution is 1.92. The lowest BCUT2D eigenvalue weighted by Crippen LogP contribution is -2.06. The van der Waals surface area contributed by atoms with E-state index in [0.717, 1.165) is 5.57 Å². The summed E-state index contributed by atoms with van der Waals surface area (Å²) >= 11 is 4.59. The Morgan fingerprint density at radius 1 is 1.86 bits per heavy atom. The minimum Gasteiger partial charge on any atom is -0.393 e. The van der Waals surface area contributed by atoms with E-state index in [2.05, 4.69) is 18.8 Å². The third-order valence-electron chi connectivity index (χ3n) is 0.476. The lowest BCUT2D eigenvalue weighted by Gasteiger charge is -1.91. The van der Waals surface area contributed by atoms with E-state index in [1.54, 1.807) is 0 Å². The van der Waals surface area contributed by atoms with Crippen molar-refractivity contribution in [3.8, 4) is 0 Å². The van der Waals surface area contributed by atoms with Crippen molar-refractivity contribution in [3.63, 3.8) is 0 Å². The second kappa shape index (κ2) is 2.75. The maximum atomic E-state index is 5.16. The predicted octanol–water partition coefficient (Wildman–Crippen LogP) is 1.24. The van der Waals surface area contributed by atoms with E-state index in [0.29, 0.717) is 11.4 Å². The van der Waals surface area contributed by atoms with E-state index >= 15 is 0 Å². The summed E-state index contributed by atoms with van der Waals surface area (Å²) in [5, 5.41) is 0. The summed E-state index contributed by atoms with van der Waals surface area (Å²) < 4.78 is 0. The Bertz CT molecular complexity index is 84.3. The van der Waals surface area contributed by atoms with Gasteiger partial charge in [0.2, 0.25) is 0 Å². The molecule has 0 unspecified atom stereocenters. The summed E-state index contributed by atoms with van der Waals surface area (Å²) in [5.41, 5.74) is 6.18. The maximum absolute atomic E-state index is 5.16. The van der Waals surface area contributed by atoms with Crippen molar-refractivity contribution in [2.24, 2.45) is 5.73 Å². The Balaban J connectivity index is 3.32. The number of nitrogens with two attached hydrogens (primary N) is 1. The Hall–Kier alpha value is -0.370. The molecule has 0 aromatic heterocycles. The van der Waals surface area contributed by atoms with Crippen LogP contribution in [-0.4, -0.2) is 4.99 Å². The zero-order valence-electron chi connectivity index (χ0n) is 4.40. The summed E-state index contributed by atoms with van der Waals surface area (Å²) in [6.45, 7) is 5.53. The van der Waals surface area contributed by atoms with Crippen LogP contribution in [0.5, 0.6) is 0 Å². The molecule has 0 rings (SSSR count). The van der Waals surface area contributed by atoms with Gasteiger partial charge in [0.25, 0.3) is 0 Å². The van der Waals surface area contributed by atoms with Crippen LogP contribution in [0.3, 0.4) is 0 Å². The third kappa shape index (κ3) is 5.63. The largest absolute Gasteiger partial charge is 0.393 e. The maximum Gasteiger partial charge on any atom is 0.0768 e. The first kappa shape index (κ1) is 6.63. The van der Waals surface area contributed by atoms with Gasteiger partial charge in [0.15, 0.2) is 0 Å². The molecule has 7 heavy (non-hydrogen) atoms. The molecule has 2 heteroatoms. The normalized spacial score (nSPS) is 8.14. The second-order valence-corrected chi connectivity index (χ2v) is 2.12. The number of hydrogen-bond acceptors (Lipinski definition) is 1. The molecule has 0 aliphatic rings. The monoisotopic (exact) mass is 115 g/mol. The average molecular weight is 115 g/mol. The van der Waals surface area contributed by atoms with Gasteiger partial charge in [0.1, 0.15) is 0 Å². The van der Waals surface area contributed by atoms with Crippen molar-refractivity contribution in [2.75, 3.05) is 0 Å². The van der Waals surface area contributed by atoms with Crippen LogP contribution in [-0.2, 0) is 0 Å². The Morgan fingerprint density at radius 2 is 2.29 bits per heavy atom. The van der Waals surface area contributed by atoms with Gasteiger partial charge in [0.05, 0.1) is 4.99 Å². The number of thiocarbonyl (C=S) groups is 1. The molecule has 0 amide bonds. The highest BCUT2D eigenvalue weighted by molar-refractivity contribution is 7.80. The fraction of sp³-hybridized carbons (Fsp3) is 0.400. The Morgan fingerprint density at radius 3 is 2.29 bits per heavy atom. The molecule has 1 nitrogen and oxygen atoms in total. The molecule has 40 valence electrons. The van der Waals surface area contributed by atoms with Crippen LogP contribution in [0, 0.1) is 0 Å². The standard InChI is InChI=1S/C5H9NS/c1-4(2)3-5(6)7/h1,3H2,2H3,(H2,6,7). The van der Waals surface area contributed by atoms with Crippen LogP contribution in [0.2, 0.25) is 0 Å². The van der Waals surface area contributed by atoms with Crippen molar-refractivity contribution in [3.05, 3.63) is 12.2 Å². The third-order valence-corrected chi connectivity index (χ3v) is 0.620. The SMILES string of the molecule is C=C(C)CC(N)=S. The van der Waals surface area contributed by atoms with Crippen LogP contribution in [0.25, 0.3) is 0 Å². The predicted molar refractivity (Wildman–Crippen MR) is 36.2 cm³/mol. The molecular weight excluding hydrogens is 106 g/mol. The number of hydrogen-bond donors (Lipinski definition) is 1. The van der Waals surface area contributed by atoms with E-state index in [1.807, 2.05) is 6.92 Å². The zero-order valence-corrected chi connectivity index (χ0v) is 5.22. The average Bonchev–Trinajstić information content (AvgIpc) is 1.27. The number of rotatable bonds is 2. The van der Waals surface area contributed by atoms with Gasteiger partial charge in [-0.05, 0) is 6.92 Å². The first-order valence-corrected chi connectivity index (χ1v) is 2.46. The molecule has 0 radical (unpaired) electrons. The smallest absolute Gasteiger partial charge is 0.0768 e. The molecule has 0 saturated heterocycles. The van der Waals surface area contributed by atoms with Crippen molar-refractivity contribution in [1.29, 1.82) is 0 Å². The fourth-order valence-electron chi connectivity index (χ4n) is 0.297. The molecule has 0 heterocycles. The summed E-state index contributed by atoms with van der Waals surface area (Å²) in [4.78, 5) is 0.521. The molecule has 0 saturated carbocycles. The summed E-state index contributed by atoms with van der Waals surface area (Å²) in [5.74, 6) is 0. The highest BCUT2D eigenvalue weighted by Gasteiger charge is 1.85. The van der Waals surface area contributed by atoms with Gasteiger partial charge in [-0.1, -0.05) is 24.4 Å². The molecule has 0 atom stereocenters. The molecule has 0 aromatic carbocycles. The van der Waals surface area contributed by atoms with Crippen molar-refractivity contribution < 1.29 is 0 Å². The van der Waals surface area contributed by atoms with Gasteiger partial charge >= 0.3 is 0 Å². The van der Waals surface area contributed by atoms with Gasteiger partial charge in [-0.25, -0.2) is 0 Å². The quantitative estimate of drug-likeness (QED) is 0.433. The van der Waals surface area contributed by atoms with Crippen LogP contribution in [0.4, 0.5) is 0 Å². The van der Waals surface area contributed by atoms with E-state index in [-0.39, 0.29) is 0 Å². The van der Waals surface area contributed by atoms with Crippen molar-refractivity contribution >= 4 is 17.2 Å². The molecule has 0 aliphatic heterocycles. The topological polar surface area (TPSA) is 26.0 Å². The Labute approximate surface area is 49.2 Å². The molecule has 0 aromatic rings. The second-order valence-electron chi connectivity index (χ2n) is 1.60. The first-order chi connectivity index (χ1) is 3.13.